The molecule has 2 heterocycles. The number of hydrogen-bond donors (Lipinski definition) is 1. The molecule has 2 N–H and O–H groups in total. The predicted molar refractivity (Wildman–Crippen MR) is 84.8 cm³/mol. The summed E-state index contributed by atoms with van der Waals surface area (Å²) in [7, 11) is -3.10. The molecule has 1 aliphatic heterocycles. The van der Waals surface area contributed by atoms with Crippen LogP contribution in [0.2, 0.25) is 0 Å². The van der Waals surface area contributed by atoms with E-state index in [4.69, 9.17) is 5.73 Å². The number of piperazine rings is 1. The molecule has 112 valence electrons. The average molecular weight is 306 g/mol. The van der Waals surface area contributed by atoms with Gasteiger partial charge in [-0.25, -0.2) is 8.42 Å². The van der Waals surface area contributed by atoms with Crippen molar-refractivity contribution in [2.24, 2.45) is 0 Å². The van der Waals surface area contributed by atoms with Crippen LogP contribution in [0.25, 0.3) is 10.8 Å². The van der Waals surface area contributed by atoms with Gasteiger partial charge in [-0.1, -0.05) is 0 Å². The smallest absolute Gasteiger partial charge is 0.211 e. The Morgan fingerprint density at radius 2 is 1.81 bits per heavy atom. The molecule has 0 atom stereocenters. The normalized spacial score (nSPS) is 17.3. The van der Waals surface area contributed by atoms with E-state index in [2.05, 4.69) is 9.88 Å². The van der Waals surface area contributed by atoms with E-state index in [-0.39, 0.29) is 0 Å². The van der Waals surface area contributed by atoms with Crippen LogP contribution in [0.3, 0.4) is 0 Å². The van der Waals surface area contributed by atoms with Gasteiger partial charge in [0.15, 0.2) is 0 Å². The van der Waals surface area contributed by atoms with Crippen molar-refractivity contribution in [1.29, 1.82) is 0 Å². The number of benzene rings is 1. The molecular formula is C14H18N4O2S. The first-order chi connectivity index (χ1) is 9.97. The van der Waals surface area contributed by atoms with E-state index in [0.29, 0.717) is 31.9 Å². The molecule has 2 aromatic rings. The van der Waals surface area contributed by atoms with Crippen molar-refractivity contribution < 1.29 is 8.42 Å². The lowest BCUT2D eigenvalue weighted by molar-refractivity contribution is 0.388. The van der Waals surface area contributed by atoms with E-state index < -0.39 is 10.0 Å². The molecule has 1 aliphatic rings. The third-order valence-electron chi connectivity index (χ3n) is 3.88. The fourth-order valence-corrected chi connectivity index (χ4v) is 3.56. The van der Waals surface area contributed by atoms with E-state index in [1.807, 2.05) is 18.2 Å². The van der Waals surface area contributed by atoms with Crippen LogP contribution >= 0.6 is 0 Å². The van der Waals surface area contributed by atoms with E-state index in [0.717, 1.165) is 16.5 Å². The number of sulfonamides is 1. The summed E-state index contributed by atoms with van der Waals surface area (Å²) in [5.74, 6) is 0. The van der Waals surface area contributed by atoms with Crippen molar-refractivity contribution in [2.45, 2.75) is 0 Å². The van der Waals surface area contributed by atoms with Crippen LogP contribution in [-0.2, 0) is 10.0 Å². The lowest BCUT2D eigenvalue weighted by atomic mass is 10.1. The number of nitrogens with zero attached hydrogens (tertiary/aromatic N) is 3. The maximum atomic E-state index is 11.6. The maximum absolute atomic E-state index is 11.6. The van der Waals surface area contributed by atoms with Crippen molar-refractivity contribution in [3.63, 3.8) is 0 Å². The molecule has 1 fully saturated rings. The highest BCUT2D eigenvalue weighted by atomic mass is 32.2. The molecule has 0 amide bonds. The number of aromatic nitrogens is 1. The van der Waals surface area contributed by atoms with Gasteiger partial charge in [0, 0.05) is 60.7 Å². The Balaban J connectivity index is 1.91. The number of fused-ring (bicyclic) bond motifs is 1. The van der Waals surface area contributed by atoms with E-state index in [9.17, 15) is 8.42 Å². The number of nitrogens with two attached hydrogens (primary N) is 1. The third-order valence-corrected chi connectivity index (χ3v) is 5.18. The topological polar surface area (TPSA) is 79.5 Å². The molecule has 7 heteroatoms. The highest BCUT2D eigenvalue weighted by Gasteiger charge is 2.24. The maximum Gasteiger partial charge on any atom is 0.211 e. The van der Waals surface area contributed by atoms with E-state index >= 15 is 0 Å². The van der Waals surface area contributed by atoms with E-state index in [1.165, 1.54) is 10.6 Å². The quantitative estimate of drug-likeness (QED) is 0.834. The summed E-state index contributed by atoms with van der Waals surface area (Å²) in [5, 5.41) is 1.98. The van der Waals surface area contributed by atoms with Crippen LogP contribution in [0, 0.1) is 0 Å². The van der Waals surface area contributed by atoms with Crippen LogP contribution < -0.4 is 10.6 Å². The minimum Gasteiger partial charge on any atom is -0.398 e. The lowest BCUT2D eigenvalue weighted by Gasteiger charge is -2.35. The second kappa shape index (κ2) is 5.16. The zero-order valence-corrected chi connectivity index (χ0v) is 12.7. The second-order valence-electron chi connectivity index (χ2n) is 5.24. The lowest BCUT2D eigenvalue weighted by Crippen LogP contribution is -2.48. The molecule has 3 rings (SSSR count). The zero-order chi connectivity index (χ0) is 15.0. The molecule has 0 bridgehead atoms. The van der Waals surface area contributed by atoms with Gasteiger partial charge in [0.25, 0.3) is 0 Å². The molecule has 0 aliphatic carbocycles. The number of nitrogen functional groups attached to an aromatic ring is 1. The first-order valence-electron chi connectivity index (χ1n) is 6.79. The SMILES string of the molecule is CS(=O)(=O)N1CCN(c2ccc(N)c3cnccc23)CC1. The minimum absolute atomic E-state index is 0.510. The van der Waals surface area contributed by atoms with Crippen LogP contribution in [0.4, 0.5) is 11.4 Å². The molecule has 0 radical (unpaired) electrons. The molecule has 1 saturated heterocycles. The first-order valence-corrected chi connectivity index (χ1v) is 8.64. The minimum atomic E-state index is -3.10. The summed E-state index contributed by atoms with van der Waals surface area (Å²) in [6.07, 6.45) is 4.77. The van der Waals surface area contributed by atoms with Gasteiger partial charge >= 0.3 is 0 Å². The largest absolute Gasteiger partial charge is 0.398 e. The summed E-state index contributed by atoms with van der Waals surface area (Å²) < 4.78 is 24.7. The Morgan fingerprint density at radius 1 is 1.10 bits per heavy atom. The predicted octanol–water partition coefficient (Wildman–Crippen LogP) is 0.899. The molecule has 6 nitrogen and oxygen atoms in total. The van der Waals surface area contributed by atoms with Gasteiger partial charge in [-0.2, -0.15) is 4.31 Å². The number of rotatable bonds is 2. The highest BCUT2D eigenvalue weighted by Crippen LogP contribution is 2.30. The fourth-order valence-electron chi connectivity index (χ4n) is 2.73. The van der Waals surface area contributed by atoms with Crippen LogP contribution in [0.15, 0.2) is 30.6 Å². The van der Waals surface area contributed by atoms with Gasteiger partial charge in [-0.3, -0.25) is 4.98 Å². The Labute approximate surface area is 124 Å². The highest BCUT2D eigenvalue weighted by molar-refractivity contribution is 7.88. The van der Waals surface area contributed by atoms with Crippen molar-refractivity contribution in [3.05, 3.63) is 30.6 Å². The molecule has 0 unspecified atom stereocenters. The Bertz CT molecular complexity index is 768. The van der Waals surface area contributed by atoms with Gasteiger partial charge in [-0.15, -0.1) is 0 Å². The molecule has 0 spiro atoms. The van der Waals surface area contributed by atoms with Crippen molar-refractivity contribution in [2.75, 3.05) is 43.1 Å². The van der Waals surface area contributed by atoms with Crippen LogP contribution in [0.1, 0.15) is 0 Å². The van der Waals surface area contributed by atoms with Crippen LogP contribution in [-0.4, -0.2) is 50.1 Å². The Hall–Kier alpha value is -1.86. The van der Waals surface area contributed by atoms with E-state index in [1.54, 1.807) is 12.4 Å². The third kappa shape index (κ3) is 2.66. The number of anilines is 2. The van der Waals surface area contributed by atoms with Gasteiger partial charge in [-0.05, 0) is 18.2 Å². The van der Waals surface area contributed by atoms with Gasteiger partial charge in [0.2, 0.25) is 10.0 Å². The van der Waals surface area contributed by atoms with Gasteiger partial charge in [0.1, 0.15) is 0 Å². The Kier molecular flexibility index (Phi) is 3.46. The first kappa shape index (κ1) is 14.1. The monoisotopic (exact) mass is 306 g/mol. The van der Waals surface area contributed by atoms with Crippen molar-refractivity contribution in [1.82, 2.24) is 9.29 Å². The molecule has 21 heavy (non-hydrogen) atoms. The number of pyridine rings is 1. The molecule has 1 aromatic heterocycles. The fraction of sp³-hybridized carbons (Fsp3) is 0.357. The van der Waals surface area contributed by atoms with Crippen LogP contribution in [0.5, 0.6) is 0 Å². The van der Waals surface area contributed by atoms with Gasteiger partial charge < -0.3 is 10.6 Å². The summed E-state index contributed by atoms with van der Waals surface area (Å²) in [6.45, 7) is 2.37. The second-order valence-corrected chi connectivity index (χ2v) is 7.23. The summed E-state index contributed by atoms with van der Waals surface area (Å²) in [5.41, 5.74) is 7.77. The standard InChI is InChI=1S/C14H18N4O2S/c1-21(19,20)18-8-6-17(7-9-18)14-3-2-13(15)12-10-16-5-4-11(12)14/h2-5,10H,6-9,15H2,1H3. The zero-order valence-electron chi connectivity index (χ0n) is 11.9. The summed E-state index contributed by atoms with van der Waals surface area (Å²) in [6, 6.07) is 5.82. The number of hydrogen-bond acceptors (Lipinski definition) is 5. The summed E-state index contributed by atoms with van der Waals surface area (Å²) in [4.78, 5) is 6.32. The molecular weight excluding hydrogens is 288 g/mol. The molecule has 0 saturated carbocycles. The van der Waals surface area contributed by atoms with Crippen molar-refractivity contribution in [3.8, 4) is 0 Å². The van der Waals surface area contributed by atoms with Gasteiger partial charge in [0.05, 0.1) is 6.26 Å². The molecule has 1 aromatic carbocycles. The van der Waals surface area contributed by atoms with Crippen molar-refractivity contribution >= 4 is 32.2 Å². The summed E-state index contributed by atoms with van der Waals surface area (Å²) >= 11 is 0. The average Bonchev–Trinajstić information content (AvgIpc) is 2.47. The Morgan fingerprint density at radius 3 is 2.48 bits per heavy atom.